The molecule has 0 bridgehead atoms. The molecule has 2 unspecified atom stereocenters. The summed E-state index contributed by atoms with van der Waals surface area (Å²) in [5.74, 6) is 0. The van der Waals surface area contributed by atoms with Gasteiger partial charge in [0.1, 0.15) is 0 Å². The quantitative estimate of drug-likeness (QED) is 0.125. The molecule has 2 aliphatic heterocycles. The van der Waals surface area contributed by atoms with Crippen LogP contribution in [-0.2, 0) is 6.42 Å². The van der Waals surface area contributed by atoms with Gasteiger partial charge in [-0.05, 0) is 73.4 Å². The van der Waals surface area contributed by atoms with E-state index >= 15 is 0 Å². The van der Waals surface area contributed by atoms with Crippen LogP contribution >= 0.6 is 0 Å². The number of allylic oxidation sites excluding steroid dienone is 2. The minimum absolute atomic E-state index is 0.0557. The molecular formula is C47H35N3+2. The van der Waals surface area contributed by atoms with E-state index in [1.54, 1.807) is 0 Å². The smallest absolute Gasteiger partial charge is 0.249 e. The van der Waals surface area contributed by atoms with Gasteiger partial charge in [0.05, 0.1) is 27.7 Å². The lowest BCUT2D eigenvalue weighted by atomic mass is 9.86. The number of hydrogen-bond donors (Lipinski definition) is 0. The van der Waals surface area contributed by atoms with Crippen LogP contribution in [0.15, 0.2) is 152 Å². The van der Waals surface area contributed by atoms with Crippen LogP contribution in [0.5, 0.6) is 0 Å². The number of aromatic nitrogens is 3. The van der Waals surface area contributed by atoms with Crippen LogP contribution in [0.3, 0.4) is 0 Å². The van der Waals surface area contributed by atoms with Crippen molar-refractivity contribution in [3.8, 4) is 33.6 Å². The summed E-state index contributed by atoms with van der Waals surface area (Å²) in [6.45, 7) is 4.48. The highest BCUT2D eigenvalue weighted by Crippen LogP contribution is 2.44. The van der Waals surface area contributed by atoms with E-state index in [-0.39, 0.29) is 12.1 Å². The number of aryl methyl sites for hydroxylation is 2. The van der Waals surface area contributed by atoms with Gasteiger partial charge in [-0.2, -0.15) is 9.13 Å². The zero-order chi connectivity index (χ0) is 33.1. The summed E-state index contributed by atoms with van der Waals surface area (Å²) < 4.78 is 7.64. The molecule has 236 valence electrons. The molecular weight excluding hydrogens is 607 g/mol. The number of nitrogens with zero attached hydrogens (tertiary/aromatic N) is 3. The predicted octanol–water partition coefficient (Wildman–Crippen LogP) is 10.3. The van der Waals surface area contributed by atoms with Crippen molar-refractivity contribution >= 4 is 38.1 Å². The summed E-state index contributed by atoms with van der Waals surface area (Å²) in [5.41, 5.74) is 16.8. The molecule has 0 fully saturated rings. The fourth-order valence-corrected chi connectivity index (χ4v) is 9.24. The first-order valence-corrected chi connectivity index (χ1v) is 17.7. The minimum atomic E-state index is 0.0557. The molecule has 4 aromatic heterocycles. The maximum Gasteiger partial charge on any atom is 0.249 e. The highest BCUT2D eigenvalue weighted by atomic mass is 15.1. The largest absolute Gasteiger partial charge is 0.308 e. The molecule has 6 heterocycles. The van der Waals surface area contributed by atoms with Crippen LogP contribution in [0.2, 0.25) is 0 Å². The molecule has 3 nitrogen and oxygen atoms in total. The Balaban J connectivity index is 1.27. The van der Waals surface area contributed by atoms with Gasteiger partial charge >= 0.3 is 0 Å². The highest BCUT2D eigenvalue weighted by molar-refractivity contribution is 6.23. The molecule has 0 amide bonds. The fraction of sp³-hybridized carbons (Fsp3) is 0.106. The molecule has 9 aromatic rings. The molecule has 50 heavy (non-hydrogen) atoms. The molecule has 0 saturated carbocycles. The number of hydrogen-bond acceptors (Lipinski definition) is 0. The second-order valence-electron chi connectivity index (χ2n) is 14.3. The van der Waals surface area contributed by atoms with Crippen LogP contribution in [0.25, 0.3) is 71.7 Å². The number of para-hydroxylation sites is 2. The molecule has 5 aromatic carbocycles. The second kappa shape index (κ2) is 10.2. The summed E-state index contributed by atoms with van der Waals surface area (Å²) in [6.07, 6.45) is 10.6. The number of fused-ring (bicyclic) bond motifs is 16. The van der Waals surface area contributed by atoms with Crippen molar-refractivity contribution in [2.45, 2.75) is 32.4 Å². The lowest BCUT2D eigenvalue weighted by molar-refractivity contribution is -0.795. The van der Waals surface area contributed by atoms with Crippen molar-refractivity contribution in [3.05, 3.63) is 174 Å². The van der Waals surface area contributed by atoms with Crippen molar-refractivity contribution in [2.75, 3.05) is 0 Å². The summed E-state index contributed by atoms with van der Waals surface area (Å²) in [4.78, 5) is 0. The van der Waals surface area contributed by atoms with Gasteiger partial charge in [-0.1, -0.05) is 91.0 Å². The fourth-order valence-electron chi connectivity index (χ4n) is 9.24. The Morgan fingerprint density at radius 3 is 2.26 bits per heavy atom. The zero-order valence-corrected chi connectivity index (χ0v) is 28.1. The van der Waals surface area contributed by atoms with Gasteiger partial charge in [-0.15, -0.1) is 0 Å². The maximum atomic E-state index is 2.61. The standard InChI is InChI=1S/C47H35N3/c1-29-22-23-41-33-15-6-7-17-36(33)47-43(48(41)27-29)21-10-14-32-25-45-39(37-19-11-18-35-34-16-8-9-20-42(34)50(45)46(35)37)26-38(32)44-24-30(2)40(28-49(44)47)31-12-4-3-5-13-31/h3-13,15-28,43,47H,14H2,1-2H3/q+2/b21-10+. The van der Waals surface area contributed by atoms with Crippen LogP contribution in [0.1, 0.15) is 34.3 Å². The van der Waals surface area contributed by atoms with Crippen LogP contribution in [0, 0.1) is 13.8 Å². The lowest BCUT2D eigenvalue weighted by Crippen LogP contribution is -2.56. The maximum absolute atomic E-state index is 2.61. The SMILES string of the molecule is Cc1ccc2[n+](c1)C1/C=C/Cc3cc4c(cc3-c3cc(C)c(-c5ccccc5)c[n+]3C1c1ccccc1-2)c1cccc2c3ccccc3n4c21. The third kappa shape index (κ3) is 3.75. The molecule has 0 spiro atoms. The topological polar surface area (TPSA) is 12.2 Å². The Hall–Kier alpha value is -6.06. The predicted molar refractivity (Wildman–Crippen MR) is 204 cm³/mol. The van der Waals surface area contributed by atoms with E-state index in [0.717, 1.165) is 6.42 Å². The Labute approximate surface area is 291 Å². The zero-order valence-electron chi connectivity index (χ0n) is 28.1. The normalized spacial score (nSPS) is 17.1. The van der Waals surface area contributed by atoms with Gasteiger partial charge < -0.3 is 4.40 Å². The first-order valence-electron chi connectivity index (χ1n) is 17.7. The summed E-state index contributed by atoms with van der Waals surface area (Å²) >= 11 is 0. The van der Waals surface area contributed by atoms with E-state index in [4.69, 9.17) is 0 Å². The van der Waals surface area contributed by atoms with Crippen LogP contribution in [-0.4, -0.2) is 4.40 Å². The Kier molecular flexibility index (Phi) is 5.70. The van der Waals surface area contributed by atoms with Gasteiger partial charge in [0.2, 0.25) is 23.5 Å². The number of pyridine rings is 2. The van der Waals surface area contributed by atoms with E-state index in [9.17, 15) is 0 Å². The average molecular weight is 642 g/mol. The van der Waals surface area contributed by atoms with Gasteiger partial charge in [0.25, 0.3) is 0 Å². The molecule has 0 saturated heterocycles. The second-order valence-corrected chi connectivity index (χ2v) is 14.3. The van der Waals surface area contributed by atoms with Crippen molar-refractivity contribution in [2.24, 2.45) is 0 Å². The lowest BCUT2D eigenvalue weighted by Gasteiger charge is -2.27. The number of rotatable bonds is 1. The van der Waals surface area contributed by atoms with Gasteiger partial charge in [-0.25, -0.2) is 0 Å². The molecule has 3 heteroatoms. The minimum Gasteiger partial charge on any atom is -0.308 e. The summed E-state index contributed by atoms with van der Waals surface area (Å²) in [5, 5.41) is 5.27. The third-order valence-corrected chi connectivity index (χ3v) is 11.4. The monoisotopic (exact) mass is 641 g/mol. The van der Waals surface area contributed by atoms with E-state index < -0.39 is 0 Å². The van der Waals surface area contributed by atoms with Crippen LogP contribution in [0.4, 0.5) is 0 Å². The summed E-state index contributed by atoms with van der Waals surface area (Å²) in [6, 6.07) is 47.8. The summed E-state index contributed by atoms with van der Waals surface area (Å²) in [7, 11) is 0. The molecule has 0 N–H and O–H groups in total. The van der Waals surface area contributed by atoms with Crippen molar-refractivity contribution in [1.82, 2.24) is 4.40 Å². The van der Waals surface area contributed by atoms with Gasteiger partial charge in [-0.3, -0.25) is 0 Å². The van der Waals surface area contributed by atoms with Gasteiger partial charge in [0.15, 0.2) is 12.4 Å². The molecule has 11 rings (SSSR count). The Morgan fingerprint density at radius 1 is 0.580 bits per heavy atom. The van der Waals surface area contributed by atoms with E-state index in [1.165, 1.54) is 94.0 Å². The van der Waals surface area contributed by atoms with Crippen molar-refractivity contribution in [1.29, 1.82) is 0 Å². The molecule has 2 aliphatic rings. The van der Waals surface area contributed by atoms with Crippen molar-refractivity contribution in [3.63, 3.8) is 0 Å². The molecule has 0 radical (unpaired) electrons. The molecule has 0 aliphatic carbocycles. The van der Waals surface area contributed by atoms with Crippen molar-refractivity contribution < 1.29 is 9.13 Å². The first kappa shape index (κ1) is 27.8. The molecule has 2 atom stereocenters. The van der Waals surface area contributed by atoms with Gasteiger partial charge in [0, 0.05) is 50.4 Å². The average Bonchev–Trinajstić information content (AvgIpc) is 3.68. The Morgan fingerprint density at radius 2 is 1.36 bits per heavy atom. The highest BCUT2D eigenvalue weighted by Gasteiger charge is 2.46. The van der Waals surface area contributed by atoms with E-state index in [0.29, 0.717) is 0 Å². The third-order valence-electron chi connectivity index (χ3n) is 11.4. The van der Waals surface area contributed by atoms with Crippen LogP contribution < -0.4 is 9.13 Å². The Bertz CT molecular complexity index is 2870. The first-order chi connectivity index (χ1) is 24.6. The van der Waals surface area contributed by atoms with E-state index in [1.807, 2.05) is 0 Å². The van der Waals surface area contributed by atoms with E-state index in [2.05, 4.69) is 179 Å². The number of benzene rings is 5.